The minimum atomic E-state index is 0.497. The highest BCUT2D eigenvalue weighted by Gasteiger charge is 1.93. The molecule has 0 fully saturated rings. The van der Waals surface area contributed by atoms with Crippen LogP contribution in [-0.4, -0.2) is 19.6 Å². The summed E-state index contributed by atoms with van der Waals surface area (Å²) in [7, 11) is 1.64. The van der Waals surface area contributed by atoms with Crippen molar-refractivity contribution in [2.24, 2.45) is 15.7 Å². The first-order valence-corrected chi connectivity index (χ1v) is 5.17. The van der Waals surface area contributed by atoms with Gasteiger partial charge in [-0.2, -0.15) is 0 Å². The van der Waals surface area contributed by atoms with E-state index in [9.17, 15) is 0 Å². The number of hydrogen-bond donors (Lipinski definition) is 1. The van der Waals surface area contributed by atoms with Crippen molar-refractivity contribution in [2.45, 2.75) is 6.92 Å². The minimum Gasteiger partial charge on any atom is -0.384 e. The highest BCUT2D eigenvalue weighted by Crippen LogP contribution is 2.27. The molecule has 0 saturated heterocycles. The van der Waals surface area contributed by atoms with Crippen LogP contribution in [-0.2, 0) is 0 Å². The topological polar surface area (TPSA) is 50.7 Å². The number of nitrogens with zero attached hydrogens (tertiary/aromatic N) is 2. The van der Waals surface area contributed by atoms with E-state index in [1.165, 1.54) is 11.8 Å². The molecule has 0 radical (unpaired) electrons. The van der Waals surface area contributed by atoms with Gasteiger partial charge in [0.1, 0.15) is 5.84 Å². The van der Waals surface area contributed by atoms with E-state index >= 15 is 0 Å². The lowest BCUT2D eigenvalue weighted by atomic mass is 10.6. The normalized spacial score (nSPS) is 14.5. The van der Waals surface area contributed by atoms with Crippen LogP contribution in [0.2, 0.25) is 0 Å². The van der Waals surface area contributed by atoms with E-state index in [1.54, 1.807) is 13.1 Å². The van der Waals surface area contributed by atoms with Crippen molar-refractivity contribution in [3.8, 4) is 0 Å². The number of nitrogens with two attached hydrogens (primary N) is 1. The maximum absolute atomic E-state index is 5.45. The average Bonchev–Trinajstić information content (AvgIpc) is 2.15. The summed E-state index contributed by atoms with van der Waals surface area (Å²) in [4.78, 5) is 7.55. The quantitative estimate of drug-likeness (QED) is 0.625. The third-order valence-corrected chi connectivity index (χ3v) is 3.10. The van der Waals surface area contributed by atoms with E-state index in [1.807, 2.05) is 12.3 Å². The Hall–Kier alpha value is -0.550. The fourth-order valence-corrected chi connectivity index (χ4v) is 1.40. The molecule has 0 bridgehead atoms. The van der Waals surface area contributed by atoms with Crippen LogP contribution in [0.1, 0.15) is 6.92 Å². The van der Waals surface area contributed by atoms with Crippen molar-refractivity contribution in [1.82, 2.24) is 0 Å². The Kier molecular flexibility index (Phi) is 6.62. The van der Waals surface area contributed by atoms with Gasteiger partial charge in [0.2, 0.25) is 0 Å². The lowest BCUT2D eigenvalue weighted by molar-refractivity contribution is 1.34. The number of amidine groups is 1. The lowest BCUT2D eigenvalue weighted by Gasteiger charge is -1.95. The summed E-state index contributed by atoms with van der Waals surface area (Å²) in [5, 5.41) is 1.83. The monoisotopic (exact) mass is 261 g/mol. The Morgan fingerprint density at radius 1 is 1.62 bits per heavy atom. The fourth-order valence-electron chi connectivity index (χ4n) is 0.385. The second-order valence-corrected chi connectivity index (χ2v) is 4.32. The molecule has 3 nitrogen and oxygen atoms in total. The summed E-state index contributed by atoms with van der Waals surface area (Å²) in [5.74, 6) is 0.497. The van der Waals surface area contributed by atoms with Crippen LogP contribution < -0.4 is 5.73 Å². The molecule has 0 amide bonds. The summed E-state index contributed by atoms with van der Waals surface area (Å²) >= 11 is 4.83. The van der Waals surface area contributed by atoms with Crippen LogP contribution >= 0.6 is 27.7 Å². The smallest absolute Gasteiger partial charge is 0.118 e. The second-order valence-electron chi connectivity index (χ2n) is 2.09. The zero-order valence-electron chi connectivity index (χ0n) is 7.62. The number of allylic oxidation sites excluding steroid dienone is 1. The molecule has 2 N–H and O–H groups in total. The Morgan fingerprint density at radius 2 is 2.23 bits per heavy atom. The molecule has 0 heterocycles. The predicted octanol–water partition coefficient (Wildman–Crippen LogP) is 2.50. The third kappa shape index (κ3) is 5.65. The van der Waals surface area contributed by atoms with Gasteiger partial charge >= 0.3 is 0 Å². The number of halogens is 1. The summed E-state index contributed by atoms with van der Waals surface area (Å²) in [6, 6.07) is 0. The van der Waals surface area contributed by atoms with E-state index in [-0.39, 0.29) is 0 Å². The van der Waals surface area contributed by atoms with Crippen LogP contribution in [0.3, 0.4) is 0 Å². The van der Waals surface area contributed by atoms with Crippen molar-refractivity contribution in [3.05, 3.63) is 21.0 Å². The van der Waals surface area contributed by atoms with Gasteiger partial charge in [0.15, 0.2) is 0 Å². The summed E-state index contributed by atoms with van der Waals surface area (Å²) in [5.41, 5.74) is 6.30. The van der Waals surface area contributed by atoms with Gasteiger partial charge in [0, 0.05) is 7.05 Å². The van der Waals surface area contributed by atoms with Gasteiger partial charge in [-0.15, -0.1) is 0 Å². The van der Waals surface area contributed by atoms with Crippen molar-refractivity contribution < 1.29 is 0 Å². The summed E-state index contributed by atoms with van der Waals surface area (Å²) in [6.07, 6.45) is 1.72. The standard InChI is InChI=1S/C8H12BrN3S/c1-6(11-2)8(9)13-5-4-7(10)12-3/h4-5H,2H2,1,3H3,(H2,10,12)/b5-4+,8-6+. The molecule has 5 heteroatoms. The molecule has 0 aliphatic heterocycles. The zero-order valence-corrected chi connectivity index (χ0v) is 10.0. The van der Waals surface area contributed by atoms with Crippen LogP contribution in [0.4, 0.5) is 0 Å². The van der Waals surface area contributed by atoms with Gasteiger partial charge in [-0.1, -0.05) is 11.8 Å². The molecule has 0 aromatic carbocycles. The Labute approximate surface area is 91.0 Å². The molecule has 13 heavy (non-hydrogen) atoms. The Bertz CT molecular complexity index is 269. The molecule has 0 aromatic rings. The van der Waals surface area contributed by atoms with Crippen molar-refractivity contribution >= 4 is 40.2 Å². The second kappa shape index (κ2) is 6.91. The largest absolute Gasteiger partial charge is 0.384 e. The van der Waals surface area contributed by atoms with Gasteiger partial charge in [-0.25, -0.2) is 0 Å². The number of thioether (sulfide) groups is 1. The molecule has 0 aliphatic carbocycles. The molecular weight excluding hydrogens is 250 g/mol. The van der Waals surface area contributed by atoms with Crippen LogP contribution in [0.15, 0.2) is 31.0 Å². The van der Waals surface area contributed by atoms with Crippen molar-refractivity contribution in [2.75, 3.05) is 7.05 Å². The molecule has 0 aromatic heterocycles. The first-order chi connectivity index (χ1) is 6.11. The molecule has 0 rings (SSSR count). The summed E-state index contributed by atoms with van der Waals surface area (Å²) in [6.45, 7) is 5.29. The SMILES string of the molecule is C=N/C(C)=C(\Br)S/C=C/C(N)=NC. The average molecular weight is 262 g/mol. The zero-order chi connectivity index (χ0) is 10.3. The molecule has 0 aliphatic rings. The summed E-state index contributed by atoms with van der Waals surface area (Å²) < 4.78 is 0.919. The number of hydrogen-bond acceptors (Lipinski definition) is 3. The van der Waals surface area contributed by atoms with Crippen LogP contribution in [0.5, 0.6) is 0 Å². The van der Waals surface area contributed by atoms with E-state index in [2.05, 4.69) is 32.6 Å². The van der Waals surface area contributed by atoms with Crippen LogP contribution in [0, 0.1) is 0 Å². The van der Waals surface area contributed by atoms with E-state index in [0.717, 1.165) is 9.51 Å². The first-order valence-electron chi connectivity index (χ1n) is 3.50. The molecular formula is C8H12BrN3S. The van der Waals surface area contributed by atoms with Gasteiger partial charge in [0.25, 0.3) is 0 Å². The Balaban J connectivity index is 4.18. The van der Waals surface area contributed by atoms with Gasteiger partial charge in [0.05, 0.1) is 9.51 Å². The van der Waals surface area contributed by atoms with E-state index in [4.69, 9.17) is 5.73 Å². The van der Waals surface area contributed by atoms with Crippen molar-refractivity contribution in [3.63, 3.8) is 0 Å². The molecule has 0 saturated carbocycles. The highest BCUT2D eigenvalue weighted by atomic mass is 79.9. The number of aliphatic imine (C=N–C) groups is 2. The number of rotatable bonds is 4. The third-order valence-electron chi connectivity index (χ3n) is 1.19. The van der Waals surface area contributed by atoms with Gasteiger partial charge in [-0.3, -0.25) is 9.98 Å². The van der Waals surface area contributed by atoms with Gasteiger partial charge < -0.3 is 5.73 Å². The molecule has 0 unspecified atom stereocenters. The van der Waals surface area contributed by atoms with E-state index in [0.29, 0.717) is 5.84 Å². The Morgan fingerprint density at radius 3 is 2.69 bits per heavy atom. The van der Waals surface area contributed by atoms with Crippen LogP contribution in [0.25, 0.3) is 0 Å². The molecule has 0 spiro atoms. The minimum absolute atomic E-state index is 0.497. The fraction of sp³-hybridized carbons (Fsp3) is 0.250. The first kappa shape index (κ1) is 12.4. The maximum Gasteiger partial charge on any atom is 0.118 e. The molecule has 0 atom stereocenters. The lowest BCUT2D eigenvalue weighted by Crippen LogP contribution is -2.06. The molecule has 72 valence electrons. The van der Waals surface area contributed by atoms with E-state index < -0.39 is 0 Å². The van der Waals surface area contributed by atoms with Gasteiger partial charge in [-0.05, 0) is 41.1 Å². The predicted molar refractivity (Wildman–Crippen MR) is 65.5 cm³/mol. The van der Waals surface area contributed by atoms with Crippen molar-refractivity contribution in [1.29, 1.82) is 0 Å². The highest BCUT2D eigenvalue weighted by molar-refractivity contribution is 9.14. The maximum atomic E-state index is 5.45.